The van der Waals surface area contributed by atoms with Crippen LogP contribution in [0.3, 0.4) is 0 Å². The Morgan fingerprint density at radius 3 is 1.58 bits per heavy atom. The Kier molecular flexibility index (Phi) is 7.77. The van der Waals surface area contributed by atoms with E-state index in [1.807, 2.05) is 55.5 Å². The Labute approximate surface area is 143 Å². The van der Waals surface area contributed by atoms with Gasteiger partial charge in [0.05, 0.1) is 26.9 Å². The topological polar surface area (TPSA) is 46.2 Å². The number of ether oxygens (including phenoxy) is 5. The SMILES string of the molecule is CCOc1ccccc1OCCOCCOc1ccccc1OC. The molecule has 0 aliphatic heterocycles. The third kappa shape index (κ3) is 5.66. The van der Waals surface area contributed by atoms with Gasteiger partial charge in [0, 0.05) is 0 Å². The van der Waals surface area contributed by atoms with Crippen molar-refractivity contribution in [3.05, 3.63) is 48.5 Å². The van der Waals surface area contributed by atoms with Crippen molar-refractivity contribution in [2.24, 2.45) is 0 Å². The van der Waals surface area contributed by atoms with Crippen LogP contribution in [-0.4, -0.2) is 40.1 Å². The van der Waals surface area contributed by atoms with Crippen LogP contribution in [0.25, 0.3) is 0 Å². The standard InChI is InChI=1S/C19H24O5/c1-3-22-18-10-6-7-11-19(18)24-15-13-21-12-14-23-17-9-5-4-8-16(17)20-2/h4-11H,3,12-15H2,1-2H3. The van der Waals surface area contributed by atoms with Crippen molar-refractivity contribution in [3.8, 4) is 23.0 Å². The van der Waals surface area contributed by atoms with Gasteiger partial charge in [-0.2, -0.15) is 0 Å². The van der Waals surface area contributed by atoms with E-state index >= 15 is 0 Å². The summed E-state index contributed by atoms with van der Waals surface area (Å²) in [5.74, 6) is 2.91. The fourth-order valence-electron chi connectivity index (χ4n) is 2.11. The van der Waals surface area contributed by atoms with Crippen molar-refractivity contribution in [1.29, 1.82) is 0 Å². The smallest absolute Gasteiger partial charge is 0.161 e. The molecule has 0 bridgehead atoms. The minimum Gasteiger partial charge on any atom is -0.493 e. The summed E-state index contributed by atoms with van der Waals surface area (Å²) in [6, 6.07) is 15.1. The number of hydrogen-bond donors (Lipinski definition) is 0. The maximum absolute atomic E-state index is 5.68. The van der Waals surface area contributed by atoms with Crippen molar-refractivity contribution in [3.63, 3.8) is 0 Å². The third-order valence-electron chi connectivity index (χ3n) is 3.19. The van der Waals surface area contributed by atoms with Gasteiger partial charge in [-0.05, 0) is 31.2 Å². The Balaban J connectivity index is 1.62. The summed E-state index contributed by atoms with van der Waals surface area (Å²) in [5.41, 5.74) is 0. The molecule has 0 amide bonds. The van der Waals surface area contributed by atoms with E-state index in [9.17, 15) is 0 Å². The summed E-state index contributed by atoms with van der Waals surface area (Å²) >= 11 is 0. The molecule has 2 aromatic rings. The summed E-state index contributed by atoms with van der Waals surface area (Å²) < 4.78 is 27.6. The molecule has 0 atom stereocenters. The monoisotopic (exact) mass is 332 g/mol. The summed E-state index contributed by atoms with van der Waals surface area (Å²) in [7, 11) is 1.62. The van der Waals surface area contributed by atoms with Gasteiger partial charge in [-0.15, -0.1) is 0 Å². The van der Waals surface area contributed by atoms with Crippen LogP contribution in [0.15, 0.2) is 48.5 Å². The highest BCUT2D eigenvalue weighted by Crippen LogP contribution is 2.26. The maximum atomic E-state index is 5.68. The van der Waals surface area contributed by atoms with Gasteiger partial charge in [0.2, 0.25) is 0 Å². The lowest BCUT2D eigenvalue weighted by molar-refractivity contribution is 0.0749. The molecule has 24 heavy (non-hydrogen) atoms. The molecule has 0 unspecified atom stereocenters. The lowest BCUT2D eigenvalue weighted by Crippen LogP contribution is -2.12. The molecular formula is C19H24O5. The molecule has 0 aliphatic rings. The van der Waals surface area contributed by atoms with Crippen molar-refractivity contribution >= 4 is 0 Å². The molecule has 5 heteroatoms. The Hall–Kier alpha value is -2.40. The molecule has 0 spiro atoms. The molecule has 0 radical (unpaired) electrons. The molecule has 0 aliphatic carbocycles. The minimum atomic E-state index is 0.454. The quantitative estimate of drug-likeness (QED) is 0.589. The first-order chi connectivity index (χ1) is 11.8. The normalized spacial score (nSPS) is 10.2. The number of benzene rings is 2. The van der Waals surface area contributed by atoms with Gasteiger partial charge in [0.15, 0.2) is 23.0 Å². The molecule has 0 heterocycles. The molecule has 2 rings (SSSR count). The zero-order chi connectivity index (χ0) is 17.0. The highest BCUT2D eigenvalue weighted by atomic mass is 16.6. The number of methoxy groups -OCH3 is 1. The number of rotatable bonds is 11. The van der Waals surface area contributed by atoms with Gasteiger partial charge in [-0.1, -0.05) is 24.3 Å². The fraction of sp³-hybridized carbons (Fsp3) is 0.368. The Morgan fingerprint density at radius 1 is 0.625 bits per heavy atom. The predicted octanol–water partition coefficient (Wildman–Crippen LogP) is 3.57. The highest BCUT2D eigenvalue weighted by Gasteiger charge is 2.04. The van der Waals surface area contributed by atoms with Gasteiger partial charge in [-0.25, -0.2) is 0 Å². The molecule has 0 saturated carbocycles. The van der Waals surface area contributed by atoms with Crippen molar-refractivity contribution in [2.75, 3.05) is 40.1 Å². The van der Waals surface area contributed by atoms with Gasteiger partial charge in [0.25, 0.3) is 0 Å². The van der Waals surface area contributed by atoms with Crippen LogP contribution in [0.4, 0.5) is 0 Å². The predicted molar refractivity (Wildman–Crippen MR) is 92.4 cm³/mol. The molecule has 0 aromatic heterocycles. The lowest BCUT2D eigenvalue weighted by Gasteiger charge is -2.12. The first-order valence-electron chi connectivity index (χ1n) is 8.03. The first kappa shape index (κ1) is 17.9. The van der Waals surface area contributed by atoms with Crippen LogP contribution in [0.5, 0.6) is 23.0 Å². The lowest BCUT2D eigenvalue weighted by atomic mass is 10.3. The summed E-state index contributed by atoms with van der Waals surface area (Å²) in [6.45, 7) is 4.43. The molecule has 0 fully saturated rings. The van der Waals surface area contributed by atoms with Crippen LogP contribution in [-0.2, 0) is 4.74 Å². The third-order valence-corrected chi connectivity index (χ3v) is 3.19. The van der Waals surface area contributed by atoms with Crippen LogP contribution in [0, 0.1) is 0 Å². The second kappa shape index (κ2) is 10.4. The minimum absolute atomic E-state index is 0.454. The zero-order valence-corrected chi connectivity index (χ0v) is 14.2. The zero-order valence-electron chi connectivity index (χ0n) is 14.2. The summed E-state index contributed by atoms with van der Waals surface area (Å²) in [4.78, 5) is 0. The molecule has 0 N–H and O–H groups in total. The molecular weight excluding hydrogens is 308 g/mol. The molecule has 130 valence electrons. The van der Waals surface area contributed by atoms with E-state index in [-0.39, 0.29) is 0 Å². The van der Waals surface area contributed by atoms with E-state index in [2.05, 4.69) is 0 Å². The first-order valence-corrected chi connectivity index (χ1v) is 8.03. The van der Waals surface area contributed by atoms with Crippen LogP contribution >= 0.6 is 0 Å². The second-order valence-electron chi connectivity index (χ2n) is 4.84. The summed E-state index contributed by atoms with van der Waals surface area (Å²) in [5, 5.41) is 0. The summed E-state index contributed by atoms with van der Waals surface area (Å²) in [6.07, 6.45) is 0. The van der Waals surface area contributed by atoms with E-state index in [4.69, 9.17) is 23.7 Å². The van der Waals surface area contributed by atoms with Gasteiger partial charge in [0.1, 0.15) is 13.2 Å². The van der Waals surface area contributed by atoms with Crippen molar-refractivity contribution < 1.29 is 23.7 Å². The number of para-hydroxylation sites is 4. The fourth-order valence-corrected chi connectivity index (χ4v) is 2.11. The Morgan fingerprint density at radius 2 is 1.08 bits per heavy atom. The Bertz CT molecular complexity index is 600. The van der Waals surface area contributed by atoms with E-state index in [0.717, 1.165) is 11.5 Å². The average Bonchev–Trinajstić information content (AvgIpc) is 2.62. The van der Waals surface area contributed by atoms with E-state index in [0.29, 0.717) is 44.5 Å². The second-order valence-corrected chi connectivity index (χ2v) is 4.84. The van der Waals surface area contributed by atoms with Gasteiger partial charge in [-0.3, -0.25) is 0 Å². The highest BCUT2D eigenvalue weighted by molar-refractivity contribution is 5.40. The number of hydrogen-bond acceptors (Lipinski definition) is 5. The largest absolute Gasteiger partial charge is 0.493 e. The maximum Gasteiger partial charge on any atom is 0.161 e. The van der Waals surface area contributed by atoms with Gasteiger partial charge >= 0.3 is 0 Å². The van der Waals surface area contributed by atoms with E-state index in [1.54, 1.807) is 7.11 Å². The average molecular weight is 332 g/mol. The van der Waals surface area contributed by atoms with Crippen LogP contribution in [0.1, 0.15) is 6.92 Å². The van der Waals surface area contributed by atoms with Crippen LogP contribution in [0.2, 0.25) is 0 Å². The van der Waals surface area contributed by atoms with E-state index in [1.165, 1.54) is 0 Å². The van der Waals surface area contributed by atoms with Gasteiger partial charge < -0.3 is 23.7 Å². The molecule has 5 nitrogen and oxygen atoms in total. The molecule has 2 aromatic carbocycles. The van der Waals surface area contributed by atoms with E-state index < -0.39 is 0 Å². The van der Waals surface area contributed by atoms with Crippen LogP contribution < -0.4 is 18.9 Å². The van der Waals surface area contributed by atoms with Crippen molar-refractivity contribution in [1.82, 2.24) is 0 Å². The van der Waals surface area contributed by atoms with Crippen molar-refractivity contribution in [2.45, 2.75) is 6.92 Å². The molecule has 0 saturated heterocycles.